The fourth-order valence-corrected chi connectivity index (χ4v) is 2.93. The minimum absolute atomic E-state index is 0.114. The van der Waals surface area contributed by atoms with Crippen molar-refractivity contribution >= 4 is 27.8 Å². The summed E-state index contributed by atoms with van der Waals surface area (Å²) >= 11 is 0. The molecule has 1 aliphatic heterocycles. The van der Waals surface area contributed by atoms with E-state index in [0.717, 1.165) is 16.6 Å². The van der Waals surface area contributed by atoms with Gasteiger partial charge in [0.15, 0.2) is 0 Å². The lowest BCUT2D eigenvalue weighted by atomic mass is 10.1. The molecule has 1 aliphatic rings. The molecule has 0 saturated carbocycles. The molecule has 0 atom stereocenters. The third-order valence-electron chi connectivity index (χ3n) is 3.48. The van der Waals surface area contributed by atoms with Gasteiger partial charge in [0.05, 0.1) is 11.1 Å². The summed E-state index contributed by atoms with van der Waals surface area (Å²) in [5.74, 6) is -2.66. The number of hydrogen-bond donors (Lipinski definition) is 0. The monoisotopic (exact) mass is 364 g/mol. The summed E-state index contributed by atoms with van der Waals surface area (Å²) in [7, 11) is -1.27. The van der Waals surface area contributed by atoms with Crippen LogP contribution in [0.2, 0.25) is 0 Å². The van der Waals surface area contributed by atoms with Crippen LogP contribution in [0, 0.1) is 0 Å². The van der Waals surface area contributed by atoms with Gasteiger partial charge >= 0.3 is 5.97 Å². The molecule has 0 aliphatic carbocycles. The van der Waals surface area contributed by atoms with E-state index in [0.29, 0.717) is 5.06 Å². The van der Waals surface area contributed by atoms with Crippen LogP contribution in [0.15, 0.2) is 46.1 Å². The molecule has 2 amide bonds. The number of hydrogen-bond acceptors (Lipinski definition) is 7. The Kier molecular flexibility index (Phi) is 3.93. The van der Waals surface area contributed by atoms with Gasteiger partial charge in [0, 0.05) is 20.2 Å². The quantitative estimate of drug-likeness (QED) is 0.740. The van der Waals surface area contributed by atoms with Crippen LogP contribution in [0.5, 0.6) is 0 Å². The number of rotatable bonds is 4. The molecule has 0 saturated heterocycles. The van der Waals surface area contributed by atoms with Gasteiger partial charge in [0.1, 0.15) is 11.8 Å². The van der Waals surface area contributed by atoms with Gasteiger partial charge in [0.2, 0.25) is 5.09 Å². The topological polar surface area (TPSA) is 114 Å². The Morgan fingerprint density at radius 3 is 2.20 bits per heavy atom. The molecule has 2 aromatic rings. The molecule has 3 rings (SSSR count). The Balaban J connectivity index is 1.82. The highest BCUT2D eigenvalue weighted by atomic mass is 32.2. The lowest BCUT2D eigenvalue weighted by Crippen LogP contribution is -2.32. The van der Waals surface area contributed by atoms with E-state index >= 15 is 0 Å². The summed E-state index contributed by atoms with van der Waals surface area (Å²) in [5.41, 5.74) is -0.0243. The standard InChI is InChI=1S/C15H12N2O7S/c1-16(2)25(21,22)12-7-9(8-23-12)15(20)24-17-13(18)10-5-3-4-6-11(10)14(17)19/h3-8H,1-2H3. The van der Waals surface area contributed by atoms with Crippen LogP contribution in [0.25, 0.3) is 0 Å². The number of furan rings is 1. The van der Waals surface area contributed by atoms with Crippen LogP contribution in [0.3, 0.4) is 0 Å². The van der Waals surface area contributed by atoms with E-state index in [1.165, 1.54) is 26.2 Å². The number of carbonyl (C=O) groups is 3. The van der Waals surface area contributed by atoms with Gasteiger partial charge in [-0.25, -0.2) is 17.5 Å². The minimum atomic E-state index is -3.87. The second kappa shape index (κ2) is 5.83. The van der Waals surface area contributed by atoms with E-state index in [4.69, 9.17) is 9.25 Å². The predicted octanol–water partition coefficient (Wildman–Crippen LogP) is 0.898. The molecule has 0 bridgehead atoms. The summed E-state index contributed by atoms with van der Waals surface area (Å²) in [6, 6.07) is 6.97. The third kappa shape index (κ3) is 2.71. The molecule has 0 N–H and O–H groups in total. The minimum Gasteiger partial charge on any atom is -0.451 e. The molecule has 10 heteroatoms. The maximum atomic E-state index is 12.1. The van der Waals surface area contributed by atoms with E-state index in [-0.39, 0.29) is 16.7 Å². The van der Waals surface area contributed by atoms with Gasteiger partial charge in [-0.05, 0) is 12.1 Å². The Morgan fingerprint density at radius 2 is 1.68 bits per heavy atom. The summed E-state index contributed by atoms with van der Waals surface area (Å²) in [6.07, 6.45) is 0.872. The lowest BCUT2D eigenvalue weighted by Gasteiger charge is -2.11. The lowest BCUT2D eigenvalue weighted by molar-refractivity contribution is -0.0585. The maximum Gasteiger partial charge on any atom is 0.367 e. The fraction of sp³-hybridized carbons (Fsp3) is 0.133. The zero-order chi connectivity index (χ0) is 18.4. The smallest absolute Gasteiger partial charge is 0.367 e. The maximum absolute atomic E-state index is 12.1. The van der Waals surface area contributed by atoms with Gasteiger partial charge in [0.25, 0.3) is 21.8 Å². The molecule has 1 aromatic heterocycles. The number of benzene rings is 1. The number of hydroxylamine groups is 2. The Labute approximate surface area is 142 Å². The average Bonchev–Trinajstić information content (AvgIpc) is 3.16. The SMILES string of the molecule is CN(C)S(=O)(=O)c1cc(C(=O)ON2C(=O)c3ccccc3C2=O)co1. The number of nitrogens with zero attached hydrogens (tertiary/aromatic N) is 2. The molecule has 0 unspecified atom stereocenters. The Bertz CT molecular complexity index is 956. The van der Waals surface area contributed by atoms with Crippen LogP contribution in [0.4, 0.5) is 0 Å². The summed E-state index contributed by atoms with van der Waals surface area (Å²) in [5, 5.41) is -0.132. The number of carbonyl (C=O) groups excluding carboxylic acids is 3. The van der Waals surface area contributed by atoms with Gasteiger partial charge < -0.3 is 9.25 Å². The number of sulfonamides is 1. The predicted molar refractivity (Wildman–Crippen MR) is 81.9 cm³/mol. The first-order valence-corrected chi connectivity index (χ1v) is 8.38. The molecule has 25 heavy (non-hydrogen) atoms. The van der Waals surface area contributed by atoms with Crippen LogP contribution in [0.1, 0.15) is 31.1 Å². The molecule has 9 nitrogen and oxygen atoms in total. The van der Waals surface area contributed by atoms with Crippen molar-refractivity contribution in [2.75, 3.05) is 14.1 Å². The summed E-state index contributed by atoms with van der Waals surface area (Å²) in [4.78, 5) is 41.2. The first-order valence-electron chi connectivity index (χ1n) is 6.94. The van der Waals surface area contributed by atoms with Crippen molar-refractivity contribution < 1.29 is 32.1 Å². The van der Waals surface area contributed by atoms with Gasteiger partial charge in [-0.1, -0.05) is 17.2 Å². The third-order valence-corrected chi connectivity index (χ3v) is 5.16. The molecule has 2 heterocycles. The molecular weight excluding hydrogens is 352 g/mol. The van der Waals surface area contributed by atoms with Gasteiger partial charge in [-0.3, -0.25) is 9.59 Å². The number of imide groups is 1. The molecule has 0 radical (unpaired) electrons. The molecule has 130 valence electrons. The highest BCUT2D eigenvalue weighted by Crippen LogP contribution is 2.24. The normalized spacial score (nSPS) is 14.1. The van der Waals surface area contributed by atoms with Gasteiger partial charge in [-0.2, -0.15) is 0 Å². The van der Waals surface area contributed by atoms with Crippen molar-refractivity contribution in [1.29, 1.82) is 0 Å². The number of amides is 2. The van der Waals surface area contributed by atoms with E-state index in [1.807, 2.05) is 0 Å². The van der Waals surface area contributed by atoms with E-state index in [2.05, 4.69) is 0 Å². The van der Waals surface area contributed by atoms with Crippen molar-refractivity contribution in [1.82, 2.24) is 9.37 Å². The highest BCUT2D eigenvalue weighted by molar-refractivity contribution is 7.88. The van der Waals surface area contributed by atoms with Crippen molar-refractivity contribution in [2.24, 2.45) is 0 Å². The zero-order valence-corrected chi connectivity index (χ0v) is 13.9. The molecular formula is C15H12N2O7S. The van der Waals surface area contributed by atoms with Gasteiger partial charge in [-0.15, -0.1) is 0 Å². The van der Waals surface area contributed by atoms with Crippen LogP contribution >= 0.6 is 0 Å². The largest absolute Gasteiger partial charge is 0.451 e. The van der Waals surface area contributed by atoms with E-state index in [9.17, 15) is 22.8 Å². The summed E-state index contributed by atoms with van der Waals surface area (Å²) in [6.45, 7) is 0. The first-order chi connectivity index (χ1) is 11.7. The van der Waals surface area contributed by atoms with Crippen molar-refractivity contribution in [2.45, 2.75) is 5.09 Å². The summed E-state index contributed by atoms with van der Waals surface area (Å²) < 4.78 is 29.6. The van der Waals surface area contributed by atoms with Crippen molar-refractivity contribution in [3.63, 3.8) is 0 Å². The first kappa shape index (κ1) is 16.9. The molecule has 0 spiro atoms. The second-order valence-corrected chi connectivity index (χ2v) is 7.35. The van der Waals surface area contributed by atoms with E-state index < -0.39 is 32.9 Å². The van der Waals surface area contributed by atoms with Crippen LogP contribution in [-0.4, -0.2) is 49.7 Å². The Hall–Kier alpha value is -2.98. The molecule has 1 aromatic carbocycles. The fourth-order valence-electron chi connectivity index (χ4n) is 2.12. The molecule has 0 fully saturated rings. The number of fused-ring (bicyclic) bond motifs is 1. The van der Waals surface area contributed by atoms with Crippen LogP contribution in [-0.2, 0) is 14.9 Å². The van der Waals surface area contributed by atoms with Crippen LogP contribution < -0.4 is 0 Å². The highest BCUT2D eigenvalue weighted by Gasteiger charge is 2.39. The van der Waals surface area contributed by atoms with E-state index in [1.54, 1.807) is 12.1 Å². The zero-order valence-electron chi connectivity index (χ0n) is 13.1. The Morgan fingerprint density at radius 1 is 1.12 bits per heavy atom. The van der Waals surface area contributed by atoms with Crippen molar-refractivity contribution in [3.8, 4) is 0 Å². The second-order valence-electron chi connectivity index (χ2n) is 5.27. The van der Waals surface area contributed by atoms with Crippen molar-refractivity contribution in [3.05, 3.63) is 53.3 Å². The average molecular weight is 364 g/mol.